The summed E-state index contributed by atoms with van der Waals surface area (Å²) in [5.41, 5.74) is 1.77. The molecular formula is C24H22FNO3S. The summed E-state index contributed by atoms with van der Waals surface area (Å²) in [7, 11) is -3.56. The van der Waals surface area contributed by atoms with Gasteiger partial charge in [-0.1, -0.05) is 48.5 Å². The summed E-state index contributed by atoms with van der Waals surface area (Å²) in [5.74, 6) is -0.633. The fourth-order valence-electron chi connectivity index (χ4n) is 3.92. The first kappa shape index (κ1) is 20.3. The van der Waals surface area contributed by atoms with Crippen molar-refractivity contribution in [3.63, 3.8) is 0 Å². The number of nitrogens with zero attached hydrogens (tertiary/aromatic N) is 1. The van der Waals surface area contributed by atoms with Crippen molar-refractivity contribution in [1.29, 1.82) is 0 Å². The summed E-state index contributed by atoms with van der Waals surface area (Å²) in [5, 5.41) is 0. The van der Waals surface area contributed by atoms with Crippen LogP contribution in [0.2, 0.25) is 0 Å². The molecule has 3 aromatic carbocycles. The first-order valence-corrected chi connectivity index (χ1v) is 11.5. The third-order valence-electron chi connectivity index (χ3n) is 5.49. The van der Waals surface area contributed by atoms with E-state index in [4.69, 9.17) is 0 Å². The van der Waals surface area contributed by atoms with Crippen molar-refractivity contribution in [2.75, 3.05) is 13.1 Å². The number of sulfone groups is 1. The fraction of sp³-hybridized carbons (Fsp3) is 0.208. The summed E-state index contributed by atoms with van der Waals surface area (Å²) >= 11 is 0. The number of carbonyl (C=O) groups excluding carboxylic acids is 1. The molecule has 3 aromatic rings. The van der Waals surface area contributed by atoms with Crippen LogP contribution in [0.15, 0.2) is 83.8 Å². The van der Waals surface area contributed by atoms with Crippen LogP contribution in [0.3, 0.4) is 0 Å². The monoisotopic (exact) mass is 423 g/mol. The Kier molecular flexibility index (Phi) is 5.68. The molecule has 1 heterocycles. The first-order valence-electron chi connectivity index (χ1n) is 9.84. The molecule has 1 fully saturated rings. The quantitative estimate of drug-likeness (QED) is 0.610. The van der Waals surface area contributed by atoms with Gasteiger partial charge in [-0.2, -0.15) is 0 Å². The van der Waals surface area contributed by atoms with Gasteiger partial charge >= 0.3 is 0 Å². The standard InChI is InChI=1S/C24H22FNO3S/c25-21-9-6-8-18(15-21)19-13-14-26(16-19)24(27)23-12-5-4-7-20(23)17-30(28,29)22-10-2-1-3-11-22/h1-12,15,19H,13-14,16-17H2. The van der Waals surface area contributed by atoms with Crippen LogP contribution in [0.4, 0.5) is 4.39 Å². The topological polar surface area (TPSA) is 54.5 Å². The number of amides is 1. The van der Waals surface area contributed by atoms with E-state index in [2.05, 4.69) is 0 Å². The van der Waals surface area contributed by atoms with Crippen LogP contribution >= 0.6 is 0 Å². The Morgan fingerprint density at radius 3 is 2.47 bits per heavy atom. The summed E-state index contributed by atoms with van der Waals surface area (Å²) in [4.78, 5) is 15.2. The maximum atomic E-state index is 13.6. The number of hydrogen-bond donors (Lipinski definition) is 0. The molecule has 0 spiro atoms. The van der Waals surface area contributed by atoms with Crippen molar-refractivity contribution < 1.29 is 17.6 Å². The van der Waals surface area contributed by atoms with E-state index in [9.17, 15) is 17.6 Å². The van der Waals surface area contributed by atoms with Crippen molar-refractivity contribution in [3.05, 3.63) is 101 Å². The van der Waals surface area contributed by atoms with Gasteiger partial charge in [0.25, 0.3) is 5.91 Å². The Bertz CT molecular complexity index is 1160. The molecule has 4 rings (SSSR count). The van der Waals surface area contributed by atoms with E-state index in [1.165, 1.54) is 12.1 Å². The third kappa shape index (κ3) is 4.28. The molecular weight excluding hydrogens is 401 g/mol. The van der Waals surface area contributed by atoms with Crippen molar-refractivity contribution in [1.82, 2.24) is 4.90 Å². The molecule has 0 bridgehead atoms. The average Bonchev–Trinajstić information content (AvgIpc) is 3.24. The molecule has 154 valence electrons. The highest BCUT2D eigenvalue weighted by Crippen LogP contribution is 2.29. The van der Waals surface area contributed by atoms with E-state index in [0.29, 0.717) is 24.2 Å². The number of rotatable bonds is 5. The SMILES string of the molecule is O=C(c1ccccc1CS(=O)(=O)c1ccccc1)N1CCC(c2cccc(F)c2)C1. The average molecular weight is 424 g/mol. The van der Waals surface area contributed by atoms with Gasteiger partial charge < -0.3 is 4.90 Å². The predicted molar refractivity (Wildman–Crippen MR) is 113 cm³/mol. The lowest BCUT2D eigenvalue weighted by Gasteiger charge is -2.19. The number of benzene rings is 3. The lowest BCUT2D eigenvalue weighted by molar-refractivity contribution is 0.0790. The van der Waals surface area contributed by atoms with Crippen molar-refractivity contribution in [3.8, 4) is 0 Å². The minimum absolute atomic E-state index is 0.0739. The number of hydrogen-bond acceptors (Lipinski definition) is 3. The molecule has 1 amide bonds. The summed E-state index contributed by atoms with van der Waals surface area (Å²) < 4.78 is 39.2. The first-order chi connectivity index (χ1) is 14.4. The molecule has 1 unspecified atom stereocenters. The second kappa shape index (κ2) is 8.40. The highest BCUT2D eigenvalue weighted by molar-refractivity contribution is 7.90. The molecule has 0 N–H and O–H groups in total. The molecule has 1 aliphatic heterocycles. The Hall–Kier alpha value is -2.99. The van der Waals surface area contributed by atoms with Crippen LogP contribution in [-0.4, -0.2) is 32.3 Å². The Morgan fingerprint density at radius 1 is 0.967 bits per heavy atom. The maximum Gasteiger partial charge on any atom is 0.254 e. The zero-order valence-electron chi connectivity index (χ0n) is 16.4. The lowest BCUT2D eigenvalue weighted by atomic mass is 9.98. The molecule has 1 aliphatic rings. The van der Waals surface area contributed by atoms with Gasteiger partial charge in [0, 0.05) is 24.6 Å². The second-order valence-electron chi connectivity index (χ2n) is 7.52. The smallest absolute Gasteiger partial charge is 0.254 e. The van der Waals surface area contributed by atoms with Gasteiger partial charge in [0.05, 0.1) is 10.6 Å². The predicted octanol–water partition coefficient (Wildman–Crippen LogP) is 4.43. The van der Waals surface area contributed by atoms with E-state index < -0.39 is 9.84 Å². The van der Waals surface area contributed by atoms with Crippen LogP contribution in [0.5, 0.6) is 0 Å². The van der Waals surface area contributed by atoms with Gasteiger partial charge in [0.2, 0.25) is 0 Å². The Balaban J connectivity index is 1.55. The molecule has 1 saturated heterocycles. The summed E-state index contributed by atoms with van der Waals surface area (Å²) in [6.07, 6.45) is 0.750. The molecule has 1 atom stereocenters. The Labute approximate surface area is 175 Å². The second-order valence-corrected chi connectivity index (χ2v) is 9.51. The van der Waals surface area contributed by atoms with Crippen molar-refractivity contribution >= 4 is 15.7 Å². The van der Waals surface area contributed by atoms with Crippen LogP contribution in [0.25, 0.3) is 0 Å². The normalized spacial score (nSPS) is 16.6. The van der Waals surface area contributed by atoms with E-state index in [1.54, 1.807) is 65.6 Å². The minimum Gasteiger partial charge on any atom is -0.338 e. The van der Waals surface area contributed by atoms with Crippen molar-refractivity contribution in [2.24, 2.45) is 0 Å². The maximum absolute atomic E-state index is 13.6. The van der Waals surface area contributed by atoms with E-state index >= 15 is 0 Å². The van der Waals surface area contributed by atoms with Crippen LogP contribution in [0, 0.1) is 5.82 Å². The van der Waals surface area contributed by atoms with Gasteiger partial charge in [-0.25, -0.2) is 12.8 Å². The Morgan fingerprint density at radius 2 is 1.70 bits per heavy atom. The molecule has 0 aromatic heterocycles. The summed E-state index contributed by atoms with van der Waals surface area (Å²) in [6.45, 7) is 1.04. The fourth-order valence-corrected chi connectivity index (χ4v) is 5.32. The molecule has 0 aliphatic carbocycles. The van der Waals surface area contributed by atoms with Crippen LogP contribution in [-0.2, 0) is 15.6 Å². The van der Waals surface area contributed by atoms with Gasteiger partial charge in [-0.15, -0.1) is 0 Å². The van der Waals surface area contributed by atoms with Crippen molar-refractivity contribution in [2.45, 2.75) is 23.0 Å². The minimum atomic E-state index is -3.56. The summed E-state index contributed by atoms with van der Waals surface area (Å²) in [6, 6.07) is 21.6. The molecule has 4 nitrogen and oxygen atoms in total. The van der Waals surface area contributed by atoms with Gasteiger partial charge in [-0.3, -0.25) is 4.79 Å². The van der Waals surface area contributed by atoms with E-state index in [-0.39, 0.29) is 28.3 Å². The number of likely N-dealkylation sites (tertiary alicyclic amines) is 1. The largest absolute Gasteiger partial charge is 0.338 e. The molecule has 0 saturated carbocycles. The van der Waals surface area contributed by atoms with Gasteiger partial charge in [-0.05, 0) is 47.9 Å². The molecule has 0 radical (unpaired) electrons. The zero-order chi connectivity index (χ0) is 21.1. The van der Waals surface area contributed by atoms with Crippen LogP contribution in [0.1, 0.15) is 33.8 Å². The molecule has 30 heavy (non-hydrogen) atoms. The van der Waals surface area contributed by atoms with E-state index in [0.717, 1.165) is 12.0 Å². The highest BCUT2D eigenvalue weighted by Gasteiger charge is 2.30. The van der Waals surface area contributed by atoms with Gasteiger partial charge in [0.1, 0.15) is 5.82 Å². The van der Waals surface area contributed by atoms with Crippen LogP contribution < -0.4 is 0 Å². The molecule has 6 heteroatoms. The third-order valence-corrected chi connectivity index (χ3v) is 7.17. The zero-order valence-corrected chi connectivity index (χ0v) is 17.2. The van der Waals surface area contributed by atoms with E-state index in [1.807, 2.05) is 6.07 Å². The van der Waals surface area contributed by atoms with Gasteiger partial charge in [0.15, 0.2) is 9.84 Å². The highest BCUT2D eigenvalue weighted by atomic mass is 32.2. The number of halogens is 1. The lowest BCUT2D eigenvalue weighted by Crippen LogP contribution is -2.29. The number of carbonyl (C=O) groups is 1.